The highest BCUT2D eigenvalue weighted by molar-refractivity contribution is 5.83. The monoisotopic (exact) mass is 395 g/mol. The number of pyridine rings is 1. The summed E-state index contributed by atoms with van der Waals surface area (Å²) in [4.78, 5) is 19.9. The minimum absolute atomic E-state index is 0.0444. The van der Waals surface area contributed by atoms with Crippen LogP contribution in [0.4, 0.5) is 0 Å². The van der Waals surface area contributed by atoms with Crippen LogP contribution in [-0.2, 0) is 17.8 Å². The average Bonchev–Trinajstić information content (AvgIpc) is 3.27. The molecular weight excluding hydrogens is 374 g/mol. The summed E-state index contributed by atoms with van der Waals surface area (Å²) in [5, 5.41) is 3.95. The van der Waals surface area contributed by atoms with Crippen LogP contribution in [0.15, 0.2) is 73.1 Å². The second kappa shape index (κ2) is 8.97. The first-order chi connectivity index (χ1) is 14.7. The first-order valence-electron chi connectivity index (χ1n) is 9.64. The van der Waals surface area contributed by atoms with E-state index in [2.05, 4.69) is 27.1 Å². The number of hydrogen-bond donors (Lipinski definition) is 2. The molecule has 4 rings (SSSR count). The first-order valence-corrected chi connectivity index (χ1v) is 9.64. The van der Waals surface area contributed by atoms with Gasteiger partial charge in [-0.3, -0.25) is 4.79 Å². The zero-order valence-electron chi connectivity index (χ0n) is 16.6. The van der Waals surface area contributed by atoms with Gasteiger partial charge in [0.2, 0.25) is 5.91 Å². The van der Waals surface area contributed by atoms with Gasteiger partial charge in [0.25, 0.3) is 0 Å². The molecule has 2 aromatic heterocycles. The molecule has 0 aliphatic rings. The van der Waals surface area contributed by atoms with Gasteiger partial charge in [-0.15, -0.1) is 0 Å². The molecule has 0 bridgehead atoms. The van der Waals surface area contributed by atoms with Crippen LogP contribution in [0, 0.1) is 11.8 Å². The van der Waals surface area contributed by atoms with Crippen molar-refractivity contribution in [3.05, 3.63) is 95.3 Å². The second-order valence-corrected chi connectivity index (χ2v) is 6.81. The van der Waals surface area contributed by atoms with Crippen LogP contribution in [0.5, 0.6) is 5.75 Å². The molecule has 148 valence electrons. The van der Waals surface area contributed by atoms with Gasteiger partial charge >= 0.3 is 0 Å². The van der Waals surface area contributed by atoms with Crippen LogP contribution in [0.25, 0.3) is 11.0 Å². The summed E-state index contributed by atoms with van der Waals surface area (Å²) in [5.41, 5.74) is 4.48. The van der Waals surface area contributed by atoms with Crippen LogP contribution in [0.3, 0.4) is 0 Å². The maximum absolute atomic E-state index is 12.5. The fourth-order valence-corrected chi connectivity index (χ4v) is 3.18. The van der Waals surface area contributed by atoms with E-state index in [4.69, 9.17) is 4.74 Å². The van der Waals surface area contributed by atoms with Gasteiger partial charge in [-0.1, -0.05) is 42.2 Å². The van der Waals surface area contributed by atoms with Gasteiger partial charge < -0.3 is 15.0 Å². The number of H-pyrrole nitrogens is 1. The smallest absolute Gasteiger partial charge is 0.224 e. The van der Waals surface area contributed by atoms with Crippen LogP contribution >= 0.6 is 0 Å². The van der Waals surface area contributed by atoms with Gasteiger partial charge in [0.1, 0.15) is 11.4 Å². The van der Waals surface area contributed by atoms with Gasteiger partial charge in [-0.25, -0.2) is 4.98 Å². The number of aromatic nitrogens is 2. The van der Waals surface area contributed by atoms with Crippen molar-refractivity contribution in [2.24, 2.45) is 0 Å². The molecule has 0 spiro atoms. The Hall–Kier alpha value is -4.04. The Bertz CT molecular complexity index is 1230. The molecule has 0 aliphatic carbocycles. The summed E-state index contributed by atoms with van der Waals surface area (Å²) in [7, 11) is 1.63. The number of aromatic amines is 1. The van der Waals surface area contributed by atoms with E-state index in [0.717, 1.165) is 39.0 Å². The van der Waals surface area contributed by atoms with Crippen molar-refractivity contribution < 1.29 is 9.53 Å². The fourth-order valence-electron chi connectivity index (χ4n) is 3.18. The minimum atomic E-state index is -0.0444. The highest BCUT2D eigenvalue weighted by Crippen LogP contribution is 2.15. The lowest BCUT2D eigenvalue weighted by Gasteiger charge is -2.08. The van der Waals surface area contributed by atoms with Crippen molar-refractivity contribution in [3.8, 4) is 17.6 Å². The number of ether oxygens (including phenoxy) is 1. The highest BCUT2D eigenvalue weighted by Gasteiger charge is 2.07. The van der Waals surface area contributed by atoms with E-state index in [1.54, 1.807) is 13.3 Å². The Labute approximate surface area is 175 Å². The largest absolute Gasteiger partial charge is 0.497 e. The highest BCUT2D eigenvalue weighted by atomic mass is 16.5. The average molecular weight is 395 g/mol. The Morgan fingerprint density at radius 1 is 1.03 bits per heavy atom. The van der Waals surface area contributed by atoms with Crippen molar-refractivity contribution in [2.75, 3.05) is 7.11 Å². The zero-order valence-corrected chi connectivity index (χ0v) is 16.6. The number of methoxy groups -OCH3 is 1. The molecule has 2 aromatic carbocycles. The number of nitrogens with one attached hydrogen (secondary N) is 2. The molecule has 0 saturated heterocycles. The van der Waals surface area contributed by atoms with Crippen molar-refractivity contribution in [2.45, 2.75) is 13.0 Å². The SMILES string of the molecule is COc1ccc(CNC(=O)Cc2ccccc2C#Cc2ccnc3[nH]ccc23)cc1. The van der Waals surface area contributed by atoms with Crippen LogP contribution in [0.2, 0.25) is 0 Å². The molecular formula is C25H21N3O2. The zero-order chi connectivity index (χ0) is 20.8. The van der Waals surface area contributed by atoms with E-state index < -0.39 is 0 Å². The van der Waals surface area contributed by atoms with Crippen molar-refractivity contribution in [3.63, 3.8) is 0 Å². The van der Waals surface area contributed by atoms with E-state index in [1.165, 1.54) is 0 Å². The maximum atomic E-state index is 12.5. The predicted octanol–water partition coefficient (Wildman–Crippen LogP) is 3.83. The first kappa shape index (κ1) is 19.3. The summed E-state index contributed by atoms with van der Waals surface area (Å²) in [5.74, 6) is 7.19. The third-order valence-electron chi connectivity index (χ3n) is 4.81. The molecule has 0 atom stereocenters. The van der Waals surface area contributed by atoms with E-state index in [9.17, 15) is 4.79 Å². The van der Waals surface area contributed by atoms with Crippen LogP contribution in [0.1, 0.15) is 22.3 Å². The lowest BCUT2D eigenvalue weighted by Crippen LogP contribution is -2.24. The van der Waals surface area contributed by atoms with Crippen molar-refractivity contribution in [1.29, 1.82) is 0 Å². The summed E-state index contributed by atoms with van der Waals surface area (Å²) in [6, 6.07) is 19.2. The molecule has 5 nitrogen and oxygen atoms in total. The molecule has 2 heterocycles. The lowest BCUT2D eigenvalue weighted by atomic mass is 10.0. The molecule has 1 amide bonds. The molecule has 0 fully saturated rings. The Morgan fingerprint density at radius 2 is 1.83 bits per heavy atom. The minimum Gasteiger partial charge on any atom is -0.497 e. The number of fused-ring (bicyclic) bond motifs is 1. The standard InChI is InChI=1S/C25H21N3O2/c1-30-22-10-6-18(7-11-22)17-28-24(29)16-21-5-3-2-4-19(21)8-9-20-12-14-26-25-23(20)13-15-27-25/h2-7,10-15H,16-17H2,1H3,(H,26,27)(H,28,29). The number of amides is 1. The predicted molar refractivity (Wildman–Crippen MR) is 117 cm³/mol. The van der Waals surface area contributed by atoms with Crippen molar-refractivity contribution in [1.82, 2.24) is 15.3 Å². The third kappa shape index (κ3) is 4.50. The third-order valence-corrected chi connectivity index (χ3v) is 4.81. The maximum Gasteiger partial charge on any atom is 0.224 e. The van der Waals surface area contributed by atoms with Gasteiger partial charge in [-0.05, 0) is 41.5 Å². The van der Waals surface area contributed by atoms with Gasteiger partial charge in [0.05, 0.1) is 13.5 Å². The second-order valence-electron chi connectivity index (χ2n) is 6.81. The fraction of sp³-hybridized carbons (Fsp3) is 0.120. The number of rotatable bonds is 5. The molecule has 30 heavy (non-hydrogen) atoms. The molecule has 0 saturated carbocycles. The van der Waals surface area contributed by atoms with Gasteiger partial charge in [0, 0.05) is 35.5 Å². The number of carbonyl (C=O) groups is 1. The number of hydrogen-bond acceptors (Lipinski definition) is 3. The van der Waals surface area contributed by atoms with Crippen LogP contribution in [-0.4, -0.2) is 23.0 Å². The molecule has 0 unspecified atom stereocenters. The summed E-state index contributed by atoms with van der Waals surface area (Å²) < 4.78 is 5.16. The topological polar surface area (TPSA) is 67.0 Å². The summed E-state index contributed by atoms with van der Waals surface area (Å²) in [6.07, 6.45) is 3.86. The quantitative estimate of drug-likeness (QED) is 0.505. The molecule has 0 aliphatic heterocycles. The van der Waals surface area contributed by atoms with E-state index >= 15 is 0 Å². The number of carbonyl (C=O) groups excluding carboxylic acids is 1. The number of nitrogens with zero attached hydrogens (tertiary/aromatic N) is 1. The van der Waals surface area contributed by atoms with E-state index in [1.807, 2.05) is 66.9 Å². The normalized spacial score (nSPS) is 10.3. The van der Waals surface area contributed by atoms with E-state index in [-0.39, 0.29) is 12.3 Å². The summed E-state index contributed by atoms with van der Waals surface area (Å²) >= 11 is 0. The molecule has 2 N–H and O–H groups in total. The molecule has 4 aromatic rings. The van der Waals surface area contributed by atoms with Gasteiger partial charge in [0.15, 0.2) is 0 Å². The van der Waals surface area contributed by atoms with E-state index in [0.29, 0.717) is 6.54 Å². The Balaban J connectivity index is 1.46. The molecule has 0 radical (unpaired) electrons. The van der Waals surface area contributed by atoms with Crippen LogP contribution < -0.4 is 10.1 Å². The summed E-state index contributed by atoms with van der Waals surface area (Å²) in [6.45, 7) is 0.471. The van der Waals surface area contributed by atoms with Crippen molar-refractivity contribution >= 4 is 16.9 Å². The molecule has 5 heteroatoms. The number of benzene rings is 2. The Kier molecular flexibility index (Phi) is 5.77. The lowest BCUT2D eigenvalue weighted by molar-refractivity contribution is -0.120. The Morgan fingerprint density at radius 3 is 2.67 bits per heavy atom. The van der Waals surface area contributed by atoms with Gasteiger partial charge in [-0.2, -0.15) is 0 Å².